The van der Waals surface area contributed by atoms with E-state index in [2.05, 4.69) is 36.8 Å². The molecule has 3 aromatic heterocycles. The van der Waals surface area contributed by atoms with Gasteiger partial charge in [0.1, 0.15) is 42.3 Å². The fourth-order valence-electron chi connectivity index (χ4n) is 5.47. The van der Waals surface area contributed by atoms with E-state index < -0.39 is 83.5 Å². The number of aliphatic imine (C=N–C) groups is 1. The molecule has 23 nitrogen and oxygen atoms in total. The Morgan fingerprint density at radius 2 is 1.52 bits per heavy atom. The first-order chi connectivity index (χ1) is 21.7. The van der Waals surface area contributed by atoms with Crippen LogP contribution in [0.5, 0.6) is 0 Å². The predicted molar refractivity (Wildman–Crippen MR) is 145 cm³/mol. The lowest BCUT2D eigenvalue weighted by molar-refractivity contribution is -0.244. The summed E-state index contributed by atoms with van der Waals surface area (Å²) in [5, 5.41) is 24.9. The van der Waals surface area contributed by atoms with Crippen molar-refractivity contribution in [3.63, 3.8) is 0 Å². The second-order valence-electron chi connectivity index (χ2n) is 10.4. The van der Waals surface area contributed by atoms with Gasteiger partial charge in [-0.3, -0.25) is 28.0 Å². The molecular formula is C21H24N10O13P2-2. The molecule has 4 aliphatic heterocycles. The quantitative estimate of drug-likeness (QED) is 0.142. The normalized spacial score (nSPS) is 38.3. The third-order valence-electron chi connectivity index (χ3n) is 7.47. The molecule has 7 heterocycles. The topological polar surface area (TPSA) is 334 Å². The molecule has 248 valence electrons. The number of aliphatic hydroxyl groups is 2. The van der Waals surface area contributed by atoms with Crippen molar-refractivity contribution in [2.24, 2.45) is 10.7 Å². The van der Waals surface area contributed by atoms with Crippen molar-refractivity contribution in [1.29, 1.82) is 0 Å². The minimum atomic E-state index is -5.33. The molecule has 3 saturated heterocycles. The number of aromatic nitrogens is 6. The van der Waals surface area contributed by atoms with E-state index in [0.29, 0.717) is 0 Å². The Balaban J connectivity index is 1.16. The highest BCUT2D eigenvalue weighted by Crippen LogP contribution is 2.51. The number of hydrogen-bond donors (Lipinski definition) is 6. The first-order valence-electron chi connectivity index (χ1n) is 13.3. The highest BCUT2D eigenvalue weighted by atomic mass is 31.2. The Kier molecular flexibility index (Phi) is 7.43. The molecule has 25 heteroatoms. The maximum Gasteiger partial charge on any atom is 0.280 e. The molecule has 0 spiro atoms. The number of phosphoric acid groups is 2. The largest absolute Gasteiger partial charge is 0.756 e. The molecule has 0 saturated carbocycles. The van der Waals surface area contributed by atoms with Gasteiger partial charge in [-0.25, -0.2) is 9.97 Å². The average molecular weight is 686 g/mol. The predicted octanol–water partition coefficient (Wildman–Crippen LogP) is -3.61. The molecule has 0 bridgehead atoms. The number of nitrogen functional groups attached to an aromatic ring is 1. The first-order valence-corrected chi connectivity index (χ1v) is 16.2. The monoisotopic (exact) mass is 686 g/mol. The first kappa shape index (κ1) is 31.1. The van der Waals surface area contributed by atoms with Gasteiger partial charge in [0.05, 0.1) is 31.6 Å². The summed E-state index contributed by atoms with van der Waals surface area (Å²) in [6.07, 6.45) is -10.9. The van der Waals surface area contributed by atoms with Crippen LogP contribution in [0, 0.1) is 0 Å². The maximum absolute atomic E-state index is 13.0. The van der Waals surface area contributed by atoms with Gasteiger partial charge in [-0.15, -0.1) is 0 Å². The number of phosphoric ester groups is 2. The number of nitrogens with zero attached hydrogens (tertiary/aromatic N) is 6. The van der Waals surface area contributed by atoms with Crippen molar-refractivity contribution in [1.82, 2.24) is 34.4 Å². The lowest BCUT2D eigenvalue weighted by atomic mass is 10.1. The van der Waals surface area contributed by atoms with Crippen LogP contribution in [0.1, 0.15) is 18.1 Å². The minimum Gasteiger partial charge on any atom is -0.756 e. The number of nitrogens with one attached hydrogen (secondary N) is 2. The standard InChI is InChI=1S/C21H26N10O13P2/c1-6-9-15(27-20(22)26-6)30(4-24-9)18-11(32)13-7(41-18)2-39-46(37,38)44-14-8(3-40-45(35,36)43-13)42-19(12(14)33)31-5-25-10-16(31)28-21(23)29-17(10)34/h4-5,7-8,11-14,18-19,32-33H,1-3H2,(H,35,36)(H,37,38)(H3,22,26,27)(H3,23,28,29,34)/p-2/t7-,8-,11+,12+,13?,14?,18-,19-/m1/s1. The number of aliphatic hydroxyl groups excluding tert-OH is 2. The number of guanidine groups is 1. The summed E-state index contributed by atoms with van der Waals surface area (Å²) in [4.78, 5) is 56.6. The van der Waals surface area contributed by atoms with Crippen LogP contribution in [0.3, 0.4) is 0 Å². The number of H-pyrrole nitrogens is 1. The maximum atomic E-state index is 13.0. The van der Waals surface area contributed by atoms with E-state index in [-0.39, 0.29) is 40.3 Å². The van der Waals surface area contributed by atoms with Crippen LogP contribution in [0.15, 0.2) is 29.0 Å². The molecule has 8 N–H and O–H groups in total. The zero-order chi connectivity index (χ0) is 32.7. The van der Waals surface area contributed by atoms with Gasteiger partial charge in [0.15, 0.2) is 35.4 Å². The van der Waals surface area contributed by atoms with Gasteiger partial charge >= 0.3 is 0 Å². The van der Waals surface area contributed by atoms with Crippen molar-refractivity contribution >= 4 is 50.2 Å². The molecule has 3 aromatic rings. The average Bonchev–Trinajstić information content (AvgIpc) is 3.72. The van der Waals surface area contributed by atoms with Crippen molar-refractivity contribution in [3.05, 3.63) is 35.3 Å². The highest BCUT2D eigenvalue weighted by molar-refractivity contribution is 7.46. The van der Waals surface area contributed by atoms with Crippen molar-refractivity contribution < 1.29 is 56.7 Å². The van der Waals surface area contributed by atoms with E-state index in [0.717, 1.165) is 10.9 Å². The number of ether oxygens (including phenoxy) is 2. The van der Waals surface area contributed by atoms with Crippen molar-refractivity contribution in [2.45, 2.75) is 49.1 Å². The zero-order valence-electron chi connectivity index (χ0n) is 23.0. The molecule has 4 aliphatic rings. The molecule has 4 unspecified atom stereocenters. The second kappa shape index (κ2) is 11.0. The third-order valence-corrected chi connectivity index (χ3v) is 9.41. The number of rotatable bonds is 2. The number of fused-ring (bicyclic) bond motifs is 4. The summed E-state index contributed by atoms with van der Waals surface area (Å²) >= 11 is 0. The zero-order valence-corrected chi connectivity index (χ0v) is 24.8. The van der Waals surface area contributed by atoms with Crippen molar-refractivity contribution in [2.75, 3.05) is 18.9 Å². The van der Waals surface area contributed by atoms with Crippen LogP contribution < -0.4 is 32.1 Å². The van der Waals surface area contributed by atoms with Gasteiger partial charge in [-0.1, -0.05) is 6.58 Å². The van der Waals surface area contributed by atoms with E-state index in [4.69, 9.17) is 39.0 Å². The Morgan fingerprint density at radius 3 is 2.13 bits per heavy atom. The van der Waals surface area contributed by atoms with Gasteiger partial charge in [0.25, 0.3) is 21.2 Å². The fraction of sp³-hybridized carbons (Fsp3) is 0.476. The minimum absolute atomic E-state index is 0.0489. The van der Waals surface area contributed by atoms with Crippen LogP contribution in [-0.4, -0.2) is 95.1 Å². The Hall–Kier alpha value is -3.57. The Morgan fingerprint density at radius 1 is 0.957 bits per heavy atom. The van der Waals surface area contributed by atoms with E-state index in [9.17, 15) is 33.9 Å². The molecule has 0 radical (unpaired) electrons. The summed E-state index contributed by atoms with van der Waals surface area (Å²) in [5.74, 6) is -0.235. The lowest BCUT2D eigenvalue weighted by Crippen LogP contribution is -2.41. The van der Waals surface area contributed by atoms with Gasteiger partial charge < -0.3 is 64.4 Å². The molecule has 0 aromatic carbocycles. The molecule has 7 rings (SSSR count). The van der Waals surface area contributed by atoms with Crippen molar-refractivity contribution in [3.8, 4) is 0 Å². The lowest BCUT2D eigenvalue weighted by Gasteiger charge is -2.34. The third kappa shape index (κ3) is 5.35. The second-order valence-corrected chi connectivity index (χ2v) is 13.2. The number of imidazole rings is 2. The van der Waals surface area contributed by atoms with Gasteiger partial charge in [0, 0.05) is 0 Å². The summed E-state index contributed by atoms with van der Waals surface area (Å²) in [5.41, 5.74) is 10.9. The van der Waals surface area contributed by atoms with E-state index in [1.807, 2.05) is 0 Å². The number of nitrogens with two attached hydrogens (primary N) is 2. The Labute approximate surface area is 255 Å². The van der Waals surface area contributed by atoms with E-state index >= 15 is 0 Å². The number of aromatic amines is 1. The van der Waals surface area contributed by atoms with Crippen LogP contribution in [-0.2, 0) is 36.7 Å². The van der Waals surface area contributed by atoms with Gasteiger partial charge in [-0.05, 0) is 0 Å². The number of anilines is 1. The van der Waals surface area contributed by atoms with E-state index in [1.54, 1.807) is 0 Å². The molecular weight excluding hydrogens is 662 g/mol. The van der Waals surface area contributed by atoms with Gasteiger partial charge in [0.2, 0.25) is 5.95 Å². The molecule has 10 atom stereocenters. The summed E-state index contributed by atoms with van der Waals surface area (Å²) in [7, 11) is -10.7. The molecule has 46 heavy (non-hydrogen) atoms. The Bertz CT molecular complexity index is 1910. The van der Waals surface area contributed by atoms with Crippen LogP contribution >= 0.6 is 15.6 Å². The fourth-order valence-corrected chi connectivity index (χ4v) is 7.36. The SMILES string of the molecule is C=C1NC(N)=Nc2c1ncn2[C@@H]1O[C@@H]2COP(=O)([O-])OC3[C@@H](COP(=O)([O-])OC2[C@@H]1O)O[C@@H](n1cnc2c(=O)[nH]c(N)nc21)[C@H]3O. The van der Waals surface area contributed by atoms with Gasteiger partial charge in [-0.2, -0.15) is 9.98 Å². The number of hydrogen-bond acceptors (Lipinski definition) is 20. The smallest absolute Gasteiger partial charge is 0.280 e. The summed E-state index contributed by atoms with van der Waals surface area (Å²) < 4.78 is 60.1. The molecule has 0 aliphatic carbocycles. The molecule has 0 amide bonds. The highest BCUT2D eigenvalue weighted by Gasteiger charge is 2.52. The van der Waals surface area contributed by atoms with Crippen LogP contribution in [0.4, 0.5) is 11.8 Å². The molecule has 3 fully saturated rings. The van der Waals surface area contributed by atoms with E-state index in [1.165, 1.54) is 10.9 Å². The van der Waals surface area contributed by atoms with Crippen LogP contribution in [0.25, 0.3) is 16.9 Å². The summed E-state index contributed by atoms with van der Waals surface area (Å²) in [6.45, 7) is 1.94. The van der Waals surface area contributed by atoms with Crippen LogP contribution in [0.2, 0.25) is 0 Å². The summed E-state index contributed by atoms with van der Waals surface area (Å²) in [6, 6.07) is 0.